The lowest BCUT2D eigenvalue weighted by Gasteiger charge is -2.60. The van der Waals surface area contributed by atoms with Gasteiger partial charge in [0.1, 0.15) is 0 Å². The maximum absolute atomic E-state index is 16.8. The van der Waals surface area contributed by atoms with E-state index >= 15 is 13.7 Å². The molecule has 54 heavy (non-hydrogen) atoms. The van der Waals surface area contributed by atoms with Crippen LogP contribution in [0.4, 0.5) is 0 Å². The fourth-order valence-corrected chi connectivity index (χ4v) is 21.1. The van der Waals surface area contributed by atoms with Gasteiger partial charge in [-0.05, 0) is 19.3 Å². The van der Waals surface area contributed by atoms with E-state index in [4.69, 9.17) is 0 Å². The van der Waals surface area contributed by atoms with Crippen LogP contribution in [-0.4, -0.2) is 50.6 Å². The highest BCUT2D eigenvalue weighted by atomic mass is 31.2. The van der Waals surface area contributed by atoms with E-state index in [1.54, 1.807) is 146 Å². The predicted octanol–water partition coefficient (Wildman–Crippen LogP) is 6.41. The summed E-state index contributed by atoms with van der Waals surface area (Å²) in [4.78, 5) is 0. The minimum Gasteiger partial charge on any atom is -0.395 e. The fourth-order valence-electron chi connectivity index (χ4n) is 9.25. The van der Waals surface area contributed by atoms with Crippen LogP contribution < -0.4 is 31.8 Å². The molecule has 6 aromatic carbocycles. The first-order valence-corrected chi connectivity index (χ1v) is 23.3. The van der Waals surface area contributed by atoms with E-state index in [0.717, 1.165) is 0 Å². The molecule has 1 aliphatic rings. The van der Waals surface area contributed by atoms with Crippen molar-refractivity contribution in [2.45, 2.75) is 34.7 Å². The molecule has 0 aromatic heterocycles. The van der Waals surface area contributed by atoms with Crippen LogP contribution in [0.2, 0.25) is 0 Å². The van der Waals surface area contributed by atoms with Crippen LogP contribution in [0, 0.1) is 0 Å². The normalized spacial score (nSPS) is 22.1. The minimum absolute atomic E-state index is 0.152. The Bertz CT molecular complexity index is 1900. The number of hydrogen-bond acceptors (Lipinski definition) is 6. The van der Waals surface area contributed by atoms with Crippen molar-refractivity contribution in [3.8, 4) is 0 Å². The van der Waals surface area contributed by atoms with E-state index in [9.17, 15) is 15.3 Å². The Morgan fingerprint density at radius 3 is 0.593 bits per heavy atom. The molecule has 1 aliphatic carbocycles. The zero-order chi connectivity index (χ0) is 37.9. The van der Waals surface area contributed by atoms with Gasteiger partial charge in [0.2, 0.25) is 0 Å². The Balaban J connectivity index is 1.66. The van der Waals surface area contributed by atoms with Gasteiger partial charge in [-0.25, -0.2) is 0 Å². The van der Waals surface area contributed by atoms with Crippen molar-refractivity contribution in [2.75, 3.05) is 19.8 Å². The van der Waals surface area contributed by atoms with E-state index in [1.807, 2.05) is 36.4 Å². The molecule has 9 heteroatoms. The van der Waals surface area contributed by atoms with E-state index in [2.05, 4.69) is 0 Å². The third kappa shape index (κ3) is 5.87. The maximum Gasteiger partial charge on any atom is 0.151 e. The molecule has 0 aliphatic heterocycles. The second-order valence-electron chi connectivity index (χ2n) is 14.5. The van der Waals surface area contributed by atoms with Gasteiger partial charge in [-0.1, -0.05) is 182 Å². The molecule has 0 unspecified atom stereocenters. The van der Waals surface area contributed by atoms with Crippen molar-refractivity contribution in [1.82, 2.24) is 0 Å². The number of aliphatic hydroxyl groups is 3. The van der Waals surface area contributed by atoms with E-state index in [0.29, 0.717) is 31.8 Å². The summed E-state index contributed by atoms with van der Waals surface area (Å²) >= 11 is 0. The van der Waals surface area contributed by atoms with Crippen molar-refractivity contribution in [2.24, 2.45) is 0 Å². The molecule has 0 bridgehead atoms. The average Bonchev–Trinajstić information content (AvgIpc) is 3.26. The Kier molecular flexibility index (Phi) is 10.7. The summed E-state index contributed by atoms with van der Waals surface area (Å²) in [5, 5.41) is 34.3. The van der Waals surface area contributed by atoms with Gasteiger partial charge >= 0.3 is 0 Å². The number of hydrogen-bond donors (Lipinski definition) is 3. The molecule has 6 nitrogen and oxygen atoms in total. The summed E-state index contributed by atoms with van der Waals surface area (Å²) in [6, 6.07) is 54.0. The monoisotopic (exact) mass is 774 g/mol. The molecule has 0 spiro atoms. The molecule has 0 heterocycles. The number of rotatable bonds is 12. The quantitative estimate of drug-likeness (QED) is 0.124. The zero-order valence-corrected chi connectivity index (χ0v) is 32.7. The summed E-state index contributed by atoms with van der Waals surface area (Å²) in [7, 11) is -12.1. The SMILES string of the molecule is O=P(c1ccccc1)(c1ccccc1)C1(CO)CC(CO)(P(=O)(c2ccccc2)c2ccccc2)CC(CO)(P(=O)(c2ccccc2)c2ccccc2)C1. The lowest BCUT2D eigenvalue weighted by Crippen LogP contribution is -2.64. The van der Waals surface area contributed by atoms with E-state index in [1.165, 1.54) is 0 Å². The summed E-state index contributed by atoms with van der Waals surface area (Å²) in [6.07, 6.45) is -0.457. The Morgan fingerprint density at radius 2 is 0.463 bits per heavy atom. The van der Waals surface area contributed by atoms with Crippen molar-refractivity contribution < 1.29 is 29.0 Å². The smallest absolute Gasteiger partial charge is 0.151 e. The number of benzene rings is 6. The standard InChI is InChI=1S/C45H45O6P3/c46-34-43(52(49,37-19-7-1-8-20-37)38-21-9-2-10-22-38)31-44(35-47,53(50,39-23-11-3-12-24-39)40-25-13-4-14-26-40)33-45(32-43,36-48)54(51,41-27-15-5-16-28-41)42-29-17-6-18-30-42/h1-30,46-48H,31-36H2. The molecular weight excluding hydrogens is 729 g/mol. The van der Waals surface area contributed by atoms with Gasteiger partial charge in [-0.3, -0.25) is 0 Å². The van der Waals surface area contributed by atoms with Gasteiger partial charge in [0, 0.05) is 31.8 Å². The summed E-state index contributed by atoms with van der Waals surface area (Å²) in [5.74, 6) is 0. The largest absolute Gasteiger partial charge is 0.395 e. The Hall–Kier alpha value is -4.11. The molecule has 0 atom stereocenters. The molecule has 7 rings (SSSR count). The van der Waals surface area contributed by atoms with Crippen LogP contribution in [0.1, 0.15) is 19.3 Å². The fraction of sp³-hybridized carbons (Fsp3) is 0.200. The van der Waals surface area contributed by atoms with Gasteiger partial charge in [-0.2, -0.15) is 0 Å². The first kappa shape index (κ1) is 38.2. The highest BCUT2D eigenvalue weighted by Gasteiger charge is 2.70. The van der Waals surface area contributed by atoms with Crippen LogP contribution in [0.5, 0.6) is 0 Å². The zero-order valence-electron chi connectivity index (χ0n) is 30.0. The lowest BCUT2D eigenvalue weighted by atomic mass is 9.73. The van der Waals surface area contributed by atoms with Crippen LogP contribution in [-0.2, 0) is 13.7 Å². The Morgan fingerprint density at radius 1 is 0.315 bits per heavy atom. The van der Waals surface area contributed by atoms with Crippen molar-refractivity contribution >= 4 is 53.3 Å². The molecule has 0 radical (unpaired) electrons. The van der Waals surface area contributed by atoms with Crippen LogP contribution >= 0.6 is 21.4 Å². The van der Waals surface area contributed by atoms with Gasteiger partial charge in [0.25, 0.3) is 0 Å². The molecule has 1 fully saturated rings. The number of aliphatic hydroxyl groups excluding tert-OH is 3. The van der Waals surface area contributed by atoms with E-state index < -0.39 is 56.7 Å². The predicted molar refractivity (Wildman–Crippen MR) is 223 cm³/mol. The molecule has 0 saturated heterocycles. The van der Waals surface area contributed by atoms with Gasteiger partial charge in [0.15, 0.2) is 21.4 Å². The highest BCUT2D eigenvalue weighted by Crippen LogP contribution is 2.77. The Labute approximate surface area is 317 Å². The molecule has 1 saturated carbocycles. The summed E-state index contributed by atoms with van der Waals surface area (Å²) < 4.78 is 50.5. The second-order valence-corrected chi connectivity index (χ2v) is 24.1. The first-order valence-electron chi connectivity index (χ1n) is 18.2. The van der Waals surface area contributed by atoms with Crippen molar-refractivity contribution in [3.05, 3.63) is 182 Å². The van der Waals surface area contributed by atoms with Gasteiger partial charge in [0.05, 0.1) is 35.3 Å². The molecular formula is C45H45O6P3. The topological polar surface area (TPSA) is 112 Å². The molecule has 0 amide bonds. The highest BCUT2D eigenvalue weighted by molar-refractivity contribution is 7.82. The third-order valence-electron chi connectivity index (χ3n) is 11.6. The van der Waals surface area contributed by atoms with Gasteiger partial charge < -0.3 is 29.0 Å². The van der Waals surface area contributed by atoms with Crippen LogP contribution in [0.3, 0.4) is 0 Å². The minimum atomic E-state index is -4.04. The second kappa shape index (κ2) is 15.2. The van der Waals surface area contributed by atoms with Crippen molar-refractivity contribution in [1.29, 1.82) is 0 Å². The molecule has 6 aromatic rings. The summed E-state index contributed by atoms with van der Waals surface area (Å²) in [6.45, 7) is -1.99. The van der Waals surface area contributed by atoms with E-state index in [-0.39, 0.29) is 19.3 Å². The van der Waals surface area contributed by atoms with Crippen LogP contribution in [0.25, 0.3) is 0 Å². The van der Waals surface area contributed by atoms with Crippen molar-refractivity contribution in [3.63, 3.8) is 0 Å². The summed E-state index contributed by atoms with van der Waals surface area (Å²) in [5.41, 5.74) is 0. The van der Waals surface area contributed by atoms with Crippen LogP contribution in [0.15, 0.2) is 182 Å². The van der Waals surface area contributed by atoms with Gasteiger partial charge in [-0.15, -0.1) is 0 Å². The third-order valence-corrected chi connectivity index (χ3v) is 23.1. The lowest BCUT2D eigenvalue weighted by molar-refractivity contribution is 0.0997. The average molecular weight is 775 g/mol. The molecule has 276 valence electrons. The maximum atomic E-state index is 16.8. The first-order chi connectivity index (χ1) is 26.2. The molecule has 3 N–H and O–H groups in total.